The Kier molecular flexibility index (Phi) is 3.82. The van der Waals surface area contributed by atoms with Crippen molar-refractivity contribution in [2.24, 2.45) is 0 Å². The fourth-order valence-corrected chi connectivity index (χ4v) is 1.94. The second kappa shape index (κ2) is 4.68. The molecule has 72 valence electrons. The van der Waals surface area contributed by atoms with Crippen molar-refractivity contribution in [3.63, 3.8) is 0 Å². The van der Waals surface area contributed by atoms with Crippen LogP contribution >= 0.6 is 12.6 Å². The van der Waals surface area contributed by atoms with E-state index in [2.05, 4.69) is 50.7 Å². The quantitative estimate of drug-likeness (QED) is 0.726. The van der Waals surface area contributed by atoms with Crippen LogP contribution in [0.5, 0.6) is 0 Å². The van der Waals surface area contributed by atoms with Gasteiger partial charge in [-0.25, -0.2) is 0 Å². The monoisotopic (exact) mass is 195 g/mol. The lowest BCUT2D eigenvalue weighted by molar-refractivity contribution is 0.288. The average molecular weight is 195 g/mol. The Morgan fingerprint density at radius 1 is 1.31 bits per heavy atom. The van der Waals surface area contributed by atoms with Crippen molar-refractivity contribution in [2.75, 3.05) is 14.1 Å². The molecule has 0 aliphatic heterocycles. The van der Waals surface area contributed by atoms with Gasteiger partial charge >= 0.3 is 0 Å². The van der Waals surface area contributed by atoms with Gasteiger partial charge in [-0.3, -0.25) is 0 Å². The van der Waals surface area contributed by atoms with E-state index in [-0.39, 0.29) is 0 Å². The van der Waals surface area contributed by atoms with Gasteiger partial charge in [-0.1, -0.05) is 25.1 Å². The molecule has 0 heterocycles. The summed E-state index contributed by atoms with van der Waals surface area (Å²) in [6.07, 6.45) is 1.12. The number of nitrogens with zero attached hydrogens (tertiary/aromatic N) is 1. The van der Waals surface area contributed by atoms with Gasteiger partial charge in [-0.15, -0.1) is 12.6 Å². The molecule has 0 fully saturated rings. The lowest BCUT2D eigenvalue weighted by Crippen LogP contribution is -2.19. The van der Waals surface area contributed by atoms with Crippen LogP contribution in [0, 0.1) is 0 Å². The minimum atomic E-state index is 0.480. The van der Waals surface area contributed by atoms with Gasteiger partial charge in [0.2, 0.25) is 0 Å². The molecule has 1 aromatic rings. The number of rotatable bonds is 3. The number of hydrogen-bond acceptors (Lipinski definition) is 2. The molecule has 0 aliphatic carbocycles. The van der Waals surface area contributed by atoms with Gasteiger partial charge in [0, 0.05) is 10.9 Å². The third-order valence-electron chi connectivity index (χ3n) is 2.31. The number of hydrogen-bond donors (Lipinski definition) is 1. The second-order valence-electron chi connectivity index (χ2n) is 3.45. The maximum atomic E-state index is 4.46. The molecular weight excluding hydrogens is 178 g/mol. The maximum absolute atomic E-state index is 4.46. The molecule has 0 saturated carbocycles. The van der Waals surface area contributed by atoms with Crippen molar-refractivity contribution >= 4 is 12.6 Å². The summed E-state index contributed by atoms with van der Waals surface area (Å²) in [6, 6.07) is 8.77. The maximum Gasteiger partial charge on any atom is 0.0350 e. The van der Waals surface area contributed by atoms with Gasteiger partial charge in [0.1, 0.15) is 0 Å². The van der Waals surface area contributed by atoms with Crippen LogP contribution < -0.4 is 0 Å². The Bertz CT molecular complexity index is 271. The van der Waals surface area contributed by atoms with E-state index in [9.17, 15) is 0 Å². The minimum absolute atomic E-state index is 0.480. The zero-order valence-electron chi connectivity index (χ0n) is 8.49. The number of thiol groups is 1. The topological polar surface area (TPSA) is 3.24 Å². The highest BCUT2D eigenvalue weighted by atomic mass is 32.1. The molecule has 1 nitrogen and oxygen atoms in total. The zero-order valence-corrected chi connectivity index (χ0v) is 9.38. The van der Waals surface area contributed by atoms with E-state index in [4.69, 9.17) is 0 Å². The van der Waals surface area contributed by atoms with E-state index in [0.717, 1.165) is 11.3 Å². The molecule has 0 bridgehead atoms. The van der Waals surface area contributed by atoms with E-state index >= 15 is 0 Å². The lowest BCUT2D eigenvalue weighted by Gasteiger charge is -2.24. The normalized spacial score (nSPS) is 13.3. The van der Waals surface area contributed by atoms with Crippen molar-refractivity contribution < 1.29 is 0 Å². The summed E-state index contributed by atoms with van der Waals surface area (Å²) in [7, 11) is 4.21. The predicted octanol–water partition coefficient (Wildman–Crippen LogP) is 2.99. The van der Waals surface area contributed by atoms with E-state index in [0.29, 0.717) is 6.04 Å². The van der Waals surface area contributed by atoms with Gasteiger partial charge in [-0.05, 0) is 32.1 Å². The van der Waals surface area contributed by atoms with Gasteiger partial charge in [0.15, 0.2) is 0 Å². The van der Waals surface area contributed by atoms with Crippen LogP contribution in [0.25, 0.3) is 0 Å². The zero-order chi connectivity index (χ0) is 9.84. The van der Waals surface area contributed by atoms with Crippen LogP contribution in [-0.2, 0) is 0 Å². The first-order valence-corrected chi connectivity index (χ1v) is 5.05. The predicted molar refractivity (Wildman–Crippen MR) is 60.4 cm³/mol. The molecule has 0 unspecified atom stereocenters. The fraction of sp³-hybridized carbons (Fsp3) is 0.455. The molecule has 0 aromatic heterocycles. The highest BCUT2D eigenvalue weighted by Crippen LogP contribution is 2.26. The van der Waals surface area contributed by atoms with Crippen molar-refractivity contribution in [2.45, 2.75) is 24.3 Å². The first kappa shape index (κ1) is 10.6. The average Bonchev–Trinajstić information content (AvgIpc) is 2.09. The van der Waals surface area contributed by atoms with Gasteiger partial charge in [0.25, 0.3) is 0 Å². The Hall–Kier alpha value is -0.470. The SMILES string of the molecule is CC[C@H](c1ccccc1S)N(C)C. The molecule has 0 radical (unpaired) electrons. The smallest absolute Gasteiger partial charge is 0.0350 e. The van der Waals surface area contributed by atoms with Crippen LogP contribution in [0.4, 0.5) is 0 Å². The third kappa shape index (κ3) is 2.48. The fourth-order valence-electron chi connectivity index (χ4n) is 1.63. The van der Waals surface area contributed by atoms with E-state index in [1.54, 1.807) is 0 Å². The van der Waals surface area contributed by atoms with Crippen molar-refractivity contribution in [1.29, 1.82) is 0 Å². The highest BCUT2D eigenvalue weighted by molar-refractivity contribution is 7.80. The molecule has 2 heteroatoms. The molecule has 1 rings (SSSR count). The Morgan fingerprint density at radius 3 is 2.38 bits per heavy atom. The summed E-state index contributed by atoms with van der Waals surface area (Å²) in [6.45, 7) is 2.20. The Balaban J connectivity index is 2.97. The summed E-state index contributed by atoms with van der Waals surface area (Å²) in [4.78, 5) is 3.32. The van der Waals surface area contributed by atoms with Crippen LogP contribution in [0.1, 0.15) is 24.9 Å². The molecule has 13 heavy (non-hydrogen) atoms. The number of benzene rings is 1. The molecule has 0 N–H and O–H groups in total. The van der Waals surface area contributed by atoms with E-state index in [1.165, 1.54) is 5.56 Å². The van der Waals surface area contributed by atoms with E-state index < -0.39 is 0 Å². The summed E-state index contributed by atoms with van der Waals surface area (Å²) in [5.41, 5.74) is 1.32. The second-order valence-corrected chi connectivity index (χ2v) is 3.93. The third-order valence-corrected chi connectivity index (χ3v) is 2.71. The lowest BCUT2D eigenvalue weighted by atomic mass is 10.0. The Morgan fingerprint density at radius 2 is 1.92 bits per heavy atom. The molecule has 0 spiro atoms. The summed E-state index contributed by atoms with van der Waals surface area (Å²) in [5, 5.41) is 0. The molecule has 0 amide bonds. The standard InChI is InChI=1S/C11H17NS/c1-4-10(12(2)3)9-7-5-6-8-11(9)13/h5-8,10,13H,4H2,1-3H3/t10-/m1/s1. The molecule has 1 atom stereocenters. The van der Waals surface area contributed by atoms with Crippen LogP contribution in [0.2, 0.25) is 0 Å². The summed E-state index contributed by atoms with van der Waals surface area (Å²) in [5.74, 6) is 0. The minimum Gasteiger partial charge on any atom is -0.302 e. The first-order chi connectivity index (χ1) is 6.16. The largest absolute Gasteiger partial charge is 0.302 e. The van der Waals surface area contributed by atoms with Gasteiger partial charge < -0.3 is 4.90 Å². The van der Waals surface area contributed by atoms with Crippen LogP contribution in [0.15, 0.2) is 29.2 Å². The van der Waals surface area contributed by atoms with Crippen molar-refractivity contribution in [3.05, 3.63) is 29.8 Å². The van der Waals surface area contributed by atoms with Crippen LogP contribution in [0.3, 0.4) is 0 Å². The first-order valence-electron chi connectivity index (χ1n) is 4.61. The summed E-state index contributed by atoms with van der Waals surface area (Å²) >= 11 is 4.46. The molecule has 0 saturated heterocycles. The molecule has 0 aliphatic rings. The van der Waals surface area contributed by atoms with Crippen LogP contribution in [-0.4, -0.2) is 19.0 Å². The molecular formula is C11H17NS. The molecule has 1 aromatic carbocycles. The summed E-state index contributed by atoms with van der Waals surface area (Å²) < 4.78 is 0. The Labute approximate surface area is 86.2 Å². The van der Waals surface area contributed by atoms with E-state index in [1.807, 2.05) is 12.1 Å². The van der Waals surface area contributed by atoms with Crippen molar-refractivity contribution in [1.82, 2.24) is 4.90 Å². The van der Waals surface area contributed by atoms with Gasteiger partial charge in [0.05, 0.1) is 0 Å². The van der Waals surface area contributed by atoms with Crippen molar-refractivity contribution in [3.8, 4) is 0 Å². The van der Waals surface area contributed by atoms with Gasteiger partial charge in [-0.2, -0.15) is 0 Å². The highest BCUT2D eigenvalue weighted by Gasteiger charge is 2.13.